The molecule has 0 spiro atoms. The van der Waals surface area contributed by atoms with E-state index in [4.69, 9.17) is 4.42 Å². The molecule has 0 radical (unpaired) electrons. The SMILES string of the molecule is c1ccc(-c2cccc(C(c3ccc(-c4cc5c6cccc(-c7ccccc7)c6oc5c5ccccc45)cc3)c3ccc4c(ccc5ccccc54)c3)c2)cc1. The molecule has 0 aliphatic heterocycles. The highest BCUT2D eigenvalue weighted by atomic mass is 16.3. The summed E-state index contributed by atoms with van der Waals surface area (Å²) in [5.41, 5.74) is 12.7. The summed E-state index contributed by atoms with van der Waals surface area (Å²) in [5.74, 6) is 0.0389. The molecule has 1 heteroatoms. The lowest BCUT2D eigenvalue weighted by molar-refractivity contribution is 0.674. The topological polar surface area (TPSA) is 13.1 Å². The molecule has 1 aromatic heterocycles. The van der Waals surface area contributed by atoms with Gasteiger partial charge in [0.15, 0.2) is 0 Å². The standard InChI is InChI=1S/C55H36O/c1-3-13-36(14-4-1)41-18-11-19-43(33-41)53(44-31-32-46-42(34-44)30-27-38-17-7-8-20-45(38)46)40-28-25-39(26-29-40)51-35-52-50-24-12-23-47(37-15-5-2-6-16-37)54(50)56-55(52)49-22-10-9-21-48(49)51/h1-35,53H. The van der Waals surface area contributed by atoms with Gasteiger partial charge in [0.1, 0.15) is 11.2 Å². The molecule has 1 nitrogen and oxygen atoms in total. The first-order valence-corrected chi connectivity index (χ1v) is 19.4. The van der Waals surface area contributed by atoms with Crippen LogP contribution in [0.3, 0.4) is 0 Å². The van der Waals surface area contributed by atoms with Crippen molar-refractivity contribution in [1.29, 1.82) is 0 Å². The smallest absolute Gasteiger partial charge is 0.143 e. The van der Waals surface area contributed by atoms with E-state index in [0.717, 1.165) is 38.5 Å². The molecular weight excluding hydrogens is 677 g/mol. The molecule has 1 heterocycles. The highest BCUT2D eigenvalue weighted by Crippen LogP contribution is 2.43. The highest BCUT2D eigenvalue weighted by Gasteiger charge is 2.21. The number of furan rings is 1. The second kappa shape index (κ2) is 13.3. The van der Waals surface area contributed by atoms with E-state index < -0.39 is 0 Å². The van der Waals surface area contributed by atoms with E-state index in [-0.39, 0.29) is 5.92 Å². The molecule has 262 valence electrons. The Balaban J connectivity index is 1.07. The Labute approximate surface area is 325 Å². The lowest BCUT2D eigenvalue weighted by Gasteiger charge is -2.21. The van der Waals surface area contributed by atoms with Crippen LogP contribution in [0.2, 0.25) is 0 Å². The molecule has 0 aliphatic rings. The zero-order valence-corrected chi connectivity index (χ0v) is 30.7. The Kier molecular flexibility index (Phi) is 7.64. The molecular formula is C55H36O. The summed E-state index contributed by atoms with van der Waals surface area (Å²) >= 11 is 0. The monoisotopic (exact) mass is 712 g/mol. The van der Waals surface area contributed by atoms with Gasteiger partial charge in [0.05, 0.1) is 0 Å². The minimum Gasteiger partial charge on any atom is -0.455 e. The van der Waals surface area contributed by atoms with E-state index in [1.807, 2.05) is 0 Å². The van der Waals surface area contributed by atoms with Crippen LogP contribution in [0, 0.1) is 0 Å². The molecule has 10 aromatic carbocycles. The molecule has 0 aliphatic carbocycles. The van der Waals surface area contributed by atoms with E-state index in [9.17, 15) is 0 Å². The van der Waals surface area contributed by atoms with Gasteiger partial charge in [-0.15, -0.1) is 0 Å². The van der Waals surface area contributed by atoms with Crippen molar-refractivity contribution in [3.63, 3.8) is 0 Å². The van der Waals surface area contributed by atoms with Crippen molar-refractivity contribution in [3.8, 4) is 33.4 Å². The average Bonchev–Trinajstić information content (AvgIpc) is 3.66. The van der Waals surface area contributed by atoms with Gasteiger partial charge in [0.25, 0.3) is 0 Å². The molecule has 0 amide bonds. The first kappa shape index (κ1) is 32.2. The van der Waals surface area contributed by atoms with Crippen LogP contribution < -0.4 is 0 Å². The quantitative estimate of drug-likeness (QED) is 0.124. The molecule has 56 heavy (non-hydrogen) atoms. The van der Waals surface area contributed by atoms with Gasteiger partial charge in [-0.1, -0.05) is 206 Å². The van der Waals surface area contributed by atoms with Crippen molar-refractivity contribution in [3.05, 3.63) is 229 Å². The summed E-state index contributed by atoms with van der Waals surface area (Å²) in [7, 11) is 0. The van der Waals surface area contributed by atoms with Crippen LogP contribution in [-0.4, -0.2) is 0 Å². The molecule has 0 fully saturated rings. The second-order valence-corrected chi connectivity index (χ2v) is 14.8. The van der Waals surface area contributed by atoms with E-state index in [1.54, 1.807) is 0 Å². The third-order valence-corrected chi connectivity index (χ3v) is 11.6. The van der Waals surface area contributed by atoms with Gasteiger partial charge in [0, 0.05) is 27.6 Å². The van der Waals surface area contributed by atoms with Gasteiger partial charge in [-0.3, -0.25) is 0 Å². The van der Waals surface area contributed by atoms with Crippen LogP contribution >= 0.6 is 0 Å². The second-order valence-electron chi connectivity index (χ2n) is 14.8. The number of rotatable bonds is 6. The van der Waals surface area contributed by atoms with Crippen molar-refractivity contribution < 1.29 is 4.42 Å². The third-order valence-electron chi connectivity index (χ3n) is 11.6. The Morgan fingerprint density at radius 2 is 0.839 bits per heavy atom. The van der Waals surface area contributed by atoms with Crippen LogP contribution in [0.5, 0.6) is 0 Å². The molecule has 0 N–H and O–H groups in total. The van der Waals surface area contributed by atoms with Crippen molar-refractivity contribution in [1.82, 2.24) is 0 Å². The molecule has 1 unspecified atom stereocenters. The summed E-state index contributed by atoms with van der Waals surface area (Å²) in [6.07, 6.45) is 0. The molecule has 11 rings (SSSR count). The van der Waals surface area contributed by atoms with Crippen molar-refractivity contribution in [2.45, 2.75) is 5.92 Å². The number of fused-ring (bicyclic) bond motifs is 8. The van der Waals surface area contributed by atoms with Gasteiger partial charge in [-0.05, 0) is 77.5 Å². The number of benzene rings is 10. The van der Waals surface area contributed by atoms with E-state index >= 15 is 0 Å². The number of hydrogen-bond acceptors (Lipinski definition) is 1. The van der Waals surface area contributed by atoms with Gasteiger partial charge >= 0.3 is 0 Å². The van der Waals surface area contributed by atoms with Gasteiger partial charge in [-0.25, -0.2) is 0 Å². The molecule has 0 saturated heterocycles. The molecule has 0 saturated carbocycles. The van der Waals surface area contributed by atoms with Gasteiger partial charge in [0.2, 0.25) is 0 Å². The lowest BCUT2D eigenvalue weighted by atomic mass is 9.82. The van der Waals surface area contributed by atoms with Gasteiger partial charge in [-0.2, -0.15) is 0 Å². The lowest BCUT2D eigenvalue weighted by Crippen LogP contribution is -2.04. The minimum atomic E-state index is 0.0389. The molecule has 1 atom stereocenters. The van der Waals surface area contributed by atoms with Crippen LogP contribution in [0.1, 0.15) is 22.6 Å². The molecule has 11 aromatic rings. The van der Waals surface area contributed by atoms with Crippen LogP contribution in [-0.2, 0) is 0 Å². The van der Waals surface area contributed by atoms with Crippen LogP contribution in [0.25, 0.3) is 87.6 Å². The zero-order chi connectivity index (χ0) is 37.0. The number of hydrogen-bond donors (Lipinski definition) is 0. The largest absolute Gasteiger partial charge is 0.455 e. The van der Waals surface area contributed by atoms with Gasteiger partial charge < -0.3 is 4.42 Å². The Morgan fingerprint density at radius 3 is 1.66 bits per heavy atom. The van der Waals surface area contributed by atoms with E-state index in [1.165, 1.54) is 65.9 Å². The Morgan fingerprint density at radius 1 is 0.268 bits per heavy atom. The zero-order valence-electron chi connectivity index (χ0n) is 30.7. The average molecular weight is 713 g/mol. The minimum absolute atomic E-state index is 0.0389. The summed E-state index contributed by atoms with van der Waals surface area (Å²) in [6.45, 7) is 0. The van der Waals surface area contributed by atoms with Crippen molar-refractivity contribution in [2.24, 2.45) is 0 Å². The summed E-state index contributed by atoms with van der Waals surface area (Å²) in [6, 6.07) is 77.3. The maximum absolute atomic E-state index is 6.79. The first-order valence-electron chi connectivity index (χ1n) is 19.4. The fourth-order valence-electron chi connectivity index (χ4n) is 8.88. The third kappa shape index (κ3) is 5.40. The summed E-state index contributed by atoms with van der Waals surface area (Å²) < 4.78 is 6.79. The van der Waals surface area contributed by atoms with Crippen molar-refractivity contribution in [2.75, 3.05) is 0 Å². The Hall–Kier alpha value is -7.22. The number of para-hydroxylation sites is 1. The normalized spacial score (nSPS) is 12.2. The first-order chi connectivity index (χ1) is 27.8. The van der Waals surface area contributed by atoms with E-state index in [2.05, 4.69) is 212 Å². The fraction of sp³-hybridized carbons (Fsp3) is 0.0182. The predicted molar refractivity (Wildman–Crippen MR) is 236 cm³/mol. The molecule has 0 bridgehead atoms. The summed E-state index contributed by atoms with van der Waals surface area (Å²) in [4.78, 5) is 0. The van der Waals surface area contributed by atoms with Crippen molar-refractivity contribution >= 4 is 54.3 Å². The summed E-state index contributed by atoms with van der Waals surface area (Å²) in [5, 5.41) is 9.66. The maximum atomic E-state index is 6.79. The Bertz CT molecular complexity index is 3230. The van der Waals surface area contributed by atoms with E-state index in [0.29, 0.717) is 0 Å². The highest BCUT2D eigenvalue weighted by molar-refractivity contribution is 6.20. The maximum Gasteiger partial charge on any atom is 0.143 e. The fourth-order valence-corrected chi connectivity index (χ4v) is 8.88. The van der Waals surface area contributed by atoms with Crippen LogP contribution in [0.4, 0.5) is 0 Å². The van der Waals surface area contributed by atoms with Crippen LogP contribution in [0.15, 0.2) is 217 Å². The predicted octanol–water partition coefficient (Wildman–Crippen LogP) is 15.2.